The van der Waals surface area contributed by atoms with Crippen molar-refractivity contribution in [1.29, 1.82) is 0 Å². The summed E-state index contributed by atoms with van der Waals surface area (Å²) < 4.78 is 26.1. The molecule has 0 amide bonds. The SMILES string of the molecule is O=S(=O)(c1ccc(Cl)s1)N(CCCl)CCCl. The first-order valence-corrected chi connectivity index (χ1v) is 8.10. The molecule has 0 fully saturated rings. The summed E-state index contributed by atoms with van der Waals surface area (Å²) in [6, 6.07) is 3.04. The topological polar surface area (TPSA) is 37.4 Å². The smallest absolute Gasteiger partial charge is 0.206 e. The van der Waals surface area contributed by atoms with Crippen molar-refractivity contribution in [2.75, 3.05) is 24.8 Å². The molecule has 1 aromatic heterocycles. The van der Waals surface area contributed by atoms with Gasteiger partial charge in [-0.1, -0.05) is 11.6 Å². The lowest BCUT2D eigenvalue weighted by Crippen LogP contribution is -2.34. The van der Waals surface area contributed by atoms with Gasteiger partial charge in [0.05, 0.1) is 4.34 Å². The number of hydrogen-bond acceptors (Lipinski definition) is 3. The molecule has 0 aromatic carbocycles. The second kappa shape index (κ2) is 6.42. The van der Waals surface area contributed by atoms with Crippen molar-refractivity contribution in [3.63, 3.8) is 0 Å². The largest absolute Gasteiger partial charge is 0.252 e. The standard InChI is InChI=1S/C8H10Cl3NO2S2/c9-3-5-12(6-4-10)16(13,14)8-2-1-7(11)15-8/h1-2H,3-6H2. The van der Waals surface area contributed by atoms with E-state index < -0.39 is 10.0 Å². The van der Waals surface area contributed by atoms with Gasteiger partial charge in [-0.3, -0.25) is 0 Å². The maximum atomic E-state index is 12.1. The van der Waals surface area contributed by atoms with E-state index in [-0.39, 0.29) is 29.1 Å². The van der Waals surface area contributed by atoms with Crippen LogP contribution in [0.15, 0.2) is 16.3 Å². The van der Waals surface area contributed by atoms with Crippen molar-refractivity contribution in [2.24, 2.45) is 0 Å². The van der Waals surface area contributed by atoms with Crippen LogP contribution in [-0.2, 0) is 10.0 Å². The quantitative estimate of drug-likeness (QED) is 0.755. The number of alkyl halides is 2. The highest BCUT2D eigenvalue weighted by Crippen LogP contribution is 2.28. The zero-order chi connectivity index (χ0) is 12.2. The summed E-state index contributed by atoms with van der Waals surface area (Å²) in [4.78, 5) is 0. The van der Waals surface area contributed by atoms with E-state index in [4.69, 9.17) is 34.8 Å². The molecular weight excluding hydrogens is 313 g/mol. The Morgan fingerprint density at radius 3 is 2.12 bits per heavy atom. The molecule has 3 nitrogen and oxygen atoms in total. The number of halogens is 3. The van der Waals surface area contributed by atoms with Gasteiger partial charge in [-0.25, -0.2) is 8.42 Å². The normalized spacial score (nSPS) is 12.2. The minimum Gasteiger partial charge on any atom is -0.206 e. The average molecular weight is 323 g/mol. The van der Waals surface area contributed by atoms with E-state index >= 15 is 0 Å². The minimum atomic E-state index is -3.51. The molecule has 0 radical (unpaired) electrons. The van der Waals surface area contributed by atoms with Gasteiger partial charge in [0.1, 0.15) is 4.21 Å². The van der Waals surface area contributed by atoms with Gasteiger partial charge in [0.15, 0.2) is 0 Å². The second-order valence-electron chi connectivity index (χ2n) is 2.84. The van der Waals surface area contributed by atoms with E-state index in [0.29, 0.717) is 4.34 Å². The van der Waals surface area contributed by atoms with Gasteiger partial charge in [0.2, 0.25) is 0 Å². The number of thiophene rings is 1. The first-order chi connectivity index (χ1) is 7.52. The Hall–Kier alpha value is 0.480. The van der Waals surface area contributed by atoms with Crippen LogP contribution in [0.25, 0.3) is 0 Å². The van der Waals surface area contributed by atoms with Crippen molar-refractivity contribution in [1.82, 2.24) is 4.31 Å². The first kappa shape index (κ1) is 14.5. The van der Waals surface area contributed by atoms with Gasteiger partial charge < -0.3 is 0 Å². The highest BCUT2D eigenvalue weighted by molar-refractivity contribution is 7.91. The van der Waals surface area contributed by atoms with E-state index in [0.717, 1.165) is 11.3 Å². The molecule has 0 aliphatic carbocycles. The maximum Gasteiger partial charge on any atom is 0.252 e. The van der Waals surface area contributed by atoms with Crippen LogP contribution >= 0.6 is 46.1 Å². The Bertz CT molecular complexity index is 426. The fourth-order valence-corrected chi connectivity index (χ4v) is 4.79. The third-order valence-electron chi connectivity index (χ3n) is 1.81. The number of rotatable bonds is 6. The molecular formula is C8H10Cl3NO2S2. The molecule has 0 N–H and O–H groups in total. The summed E-state index contributed by atoms with van der Waals surface area (Å²) in [7, 11) is -3.51. The van der Waals surface area contributed by atoms with Crippen LogP contribution in [0.3, 0.4) is 0 Å². The highest BCUT2D eigenvalue weighted by atomic mass is 35.5. The van der Waals surface area contributed by atoms with Gasteiger partial charge in [-0.05, 0) is 12.1 Å². The fourth-order valence-electron chi connectivity index (χ4n) is 1.10. The van der Waals surface area contributed by atoms with Gasteiger partial charge in [0.25, 0.3) is 10.0 Å². The van der Waals surface area contributed by atoms with Gasteiger partial charge >= 0.3 is 0 Å². The monoisotopic (exact) mass is 321 g/mol. The molecule has 0 spiro atoms. The van der Waals surface area contributed by atoms with E-state index in [2.05, 4.69) is 0 Å². The molecule has 1 heterocycles. The Balaban J connectivity index is 2.97. The van der Waals surface area contributed by atoms with Crippen molar-refractivity contribution < 1.29 is 8.42 Å². The molecule has 0 saturated carbocycles. The van der Waals surface area contributed by atoms with Crippen LogP contribution in [0.2, 0.25) is 4.34 Å². The van der Waals surface area contributed by atoms with Crippen molar-refractivity contribution in [2.45, 2.75) is 4.21 Å². The number of hydrogen-bond donors (Lipinski definition) is 0. The average Bonchev–Trinajstić information content (AvgIpc) is 2.65. The summed E-state index contributed by atoms with van der Waals surface area (Å²) in [6.45, 7) is 0.484. The van der Waals surface area contributed by atoms with E-state index in [9.17, 15) is 8.42 Å². The van der Waals surface area contributed by atoms with Crippen LogP contribution in [-0.4, -0.2) is 37.6 Å². The molecule has 0 bridgehead atoms. The van der Waals surface area contributed by atoms with Crippen LogP contribution in [0.1, 0.15) is 0 Å². The molecule has 0 aliphatic rings. The number of nitrogens with zero attached hydrogens (tertiary/aromatic N) is 1. The summed E-state index contributed by atoms with van der Waals surface area (Å²) in [5, 5.41) is 0. The van der Waals surface area contributed by atoms with Gasteiger partial charge in [0, 0.05) is 24.8 Å². The van der Waals surface area contributed by atoms with Crippen LogP contribution in [0.5, 0.6) is 0 Å². The van der Waals surface area contributed by atoms with E-state index in [1.165, 1.54) is 10.4 Å². The minimum absolute atomic E-state index is 0.215. The number of sulfonamides is 1. The van der Waals surface area contributed by atoms with Gasteiger partial charge in [-0.2, -0.15) is 4.31 Å². The lowest BCUT2D eigenvalue weighted by molar-refractivity contribution is 0.450. The molecule has 1 rings (SSSR count). The predicted octanol–water partition coefficient (Wildman–Crippen LogP) is 2.87. The first-order valence-electron chi connectivity index (χ1n) is 4.39. The lowest BCUT2D eigenvalue weighted by Gasteiger charge is -2.18. The Labute approximate surface area is 114 Å². The Kier molecular flexibility index (Phi) is 5.84. The maximum absolute atomic E-state index is 12.1. The predicted molar refractivity (Wildman–Crippen MR) is 69.5 cm³/mol. The zero-order valence-electron chi connectivity index (χ0n) is 8.20. The van der Waals surface area contributed by atoms with Crippen LogP contribution in [0.4, 0.5) is 0 Å². The summed E-state index contributed by atoms with van der Waals surface area (Å²) in [5.74, 6) is 0.463. The van der Waals surface area contributed by atoms with E-state index in [1.807, 2.05) is 0 Å². The van der Waals surface area contributed by atoms with E-state index in [1.54, 1.807) is 6.07 Å². The van der Waals surface area contributed by atoms with Crippen LogP contribution in [0, 0.1) is 0 Å². The zero-order valence-corrected chi connectivity index (χ0v) is 12.1. The molecule has 92 valence electrons. The molecule has 0 unspecified atom stereocenters. The molecule has 1 aromatic rings. The lowest BCUT2D eigenvalue weighted by atomic mass is 10.6. The second-order valence-corrected chi connectivity index (χ2v) is 7.48. The third kappa shape index (κ3) is 3.48. The molecule has 0 aliphatic heterocycles. The summed E-state index contributed by atoms with van der Waals surface area (Å²) in [5.41, 5.74) is 0. The molecule has 8 heteroatoms. The molecule has 0 atom stereocenters. The highest BCUT2D eigenvalue weighted by Gasteiger charge is 2.24. The van der Waals surface area contributed by atoms with Crippen molar-refractivity contribution in [3.05, 3.63) is 16.5 Å². The third-order valence-corrected chi connectivity index (χ3v) is 5.75. The summed E-state index contributed by atoms with van der Waals surface area (Å²) in [6.07, 6.45) is 0. The summed E-state index contributed by atoms with van der Waals surface area (Å²) >= 11 is 17.9. The fraction of sp³-hybridized carbons (Fsp3) is 0.500. The molecule has 0 saturated heterocycles. The Morgan fingerprint density at radius 1 is 1.19 bits per heavy atom. The Morgan fingerprint density at radius 2 is 1.75 bits per heavy atom. The molecule has 16 heavy (non-hydrogen) atoms. The van der Waals surface area contributed by atoms with Crippen molar-refractivity contribution in [3.8, 4) is 0 Å². The van der Waals surface area contributed by atoms with Gasteiger partial charge in [-0.15, -0.1) is 34.5 Å². The van der Waals surface area contributed by atoms with Crippen LogP contribution < -0.4 is 0 Å². The van der Waals surface area contributed by atoms with Crippen molar-refractivity contribution >= 4 is 56.2 Å².